The Balaban J connectivity index is 2.60. The summed E-state index contributed by atoms with van der Waals surface area (Å²) < 4.78 is 32.1. The van der Waals surface area contributed by atoms with Gasteiger partial charge in [-0.25, -0.2) is 8.78 Å². The second-order valence-electron chi connectivity index (χ2n) is 3.97. The van der Waals surface area contributed by atoms with E-state index in [1.54, 1.807) is 7.05 Å². The topological polar surface area (TPSA) is 74.2 Å². The lowest BCUT2D eigenvalue weighted by molar-refractivity contribution is -0.123. The molecule has 0 bridgehead atoms. The van der Waals surface area contributed by atoms with Crippen LogP contribution in [-0.2, 0) is 11.3 Å². The van der Waals surface area contributed by atoms with Crippen molar-refractivity contribution < 1.29 is 18.3 Å². The van der Waals surface area contributed by atoms with Gasteiger partial charge in [0.2, 0.25) is 0 Å². The molecule has 1 aromatic carbocycles. The van der Waals surface area contributed by atoms with Crippen molar-refractivity contribution in [2.75, 3.05) is 20.2 Å². The fraction of sp³-hybridized carbons (Fsp3) is 0.385. The highest BCUT2D eigenvalue weighted by atomic mass is 19.1. The average Bonchev–Trinajstić information content (AvgIpc) is 2.38. The van der Waals surface area contributed by atoms with E-state index in [1.165, 1.54) is 0 Å². The SMILES string of the molecule is CNCc1cc(F)c(OCC(=O)NCCC#N)c(F)c1. The minimum atomic E-state index is -0.861. The Morgan fingerprint density at radius 2 is 2.05 bits per heavy atom. The van der Waals surface area contributed by atoms with E-state index in [2.05, 4.69) is 10.6 Å². The number of carbonyl (C=O) groups excluding carboxylic acids is 1. The molecule has 7 heteroatoms. The van der Waals surface area contributed by atoms with Crippen LogP contribution in [0.2, 0.25) is 0 Å². The van der Waals surface area contributed by atoms with Gasteiger partial charge in [-0.3, -0.25) is 4.79 Å². The summed E-state index contributed by atoms with van der Waals surface area (Å²) in [4.78, 5) is 11.3. The van der Waals surface area contributed by atoms with E-state index in [1.807, 2.05) is 6.07 Å². The van der Waals surface area contributed by atoms with Crippen LogP contribution >= 0.6 is 0 Å². The number of hydrogen-bond acceptors (Lipinski definition) is 4. The molecule has 20 heavy (non-hydrogen) atoms. The van der Waals surface area contributed by atoms with Gasteiger partial charge in [0.05, 0.1) is 12.5 Å². The van der Waals surface area contributed by atoms with Gasteiger partial charge in [-0.1, -0.05) is 0 Å². The van der Waals surface area contributed by atoms with Crippen molar-refractivity contribution in [2.45, 2.75) is 13.0 Å². The second-order valence-corrected chi connectivity index (χ2v) is 3.97. The van der Waals surface area contributed by atoms with Gasteiger partial charge in [0, 0.05) is 13.1 Å². The summed E-state index contributed by atoms with van der Waals surface area (Å²) in [6, 6.07) is 4.13. The van der Waals surface area contributed by atoms with Crippen molar-refractivity contribution in [2.24, 2.45) is 0 Å². The number of rotatable bonds is 7. The minimum absolute atomic E-state index is 0.160. The van der Waals surface area contributed by atoms with E-state index in [0.29, 0.717) is 12.1 Å². The third-order valence-electron chi connectivity index (χ3n) is 2.35. The smallest absolute Gasteiger partial charge is 0.257 e. The van der Waals surface area contributed by atoms with Gasteiger partial charge in [0.1, 0.15) is 0 Å². The molecule has 0 aliphatic rings. The van der Waals surface area contributed by atoms with Gasteiger partial charge in [0.15, 0.2) is 24.0 Å². The molecule has 108 valence electrons. The molecule has 5 nitrogen and oxygen atoms in total. The molecular formula is C13H15F2N3O2. The molecule has 0 saturated carbocycles. The van der Waals surface area contributed by atoms with E-state index in [-0.39, 0.29) is 13.0 Å². The standard InChI is InChI=1S/C13H15F2N3O2/c1-17-7-9-5-10(14)13(11(15)6-9)20-8-12(19)18-4-2-3-16/h5-6,17H,2,4,7-8H2,1H3,(H,18,19). The number of carbonyl (C=O) groups is 1. The lowest BCUT2D eigenvalue weighted by Crippen LogP contribution is -2.29. The Hall–Kier alpha value is -2.20. The van der Waals surface area contributed by atoms with E-state index >= 15 is 0 Å². The van der Waals surface area contributed by atoms with Crippen molar-refractivity contribution in [3.63, 3.8) is 0 Å². The minimum Gasteiger partial charge on any atom is -0.478 e. The number of halogens is 2. The van der Waals surface area contributed by atoms with Crippen LogP contribution in [-0.4, -0.2) is 26.1 Å². The number of nitrogens with one attached hydrogen (secondary N) is 2. The highest BCUT2D eigenvalue weighted by Crippen LogP contribution is 2.23. The molecule has 0 aliphatic carbocycles. The van der Waals surface area contributed by atoms with Gasteiger partial charge in [-0.15, -0.1) is 0 Å². The Morgan fingerprint density at radius 3 is 2.60 bits per heavy atom. The van der Waals surface area contributed by atoms with E-state index in [9.17, 15) is 13.6 Å². The van der Waals surface area contributed by atoms with Gasteiger partial charge in [0.25, 0.3) is 5.91 Å². The first-order chi connectivity index (χ1) is 9.58. The van der Waals surface area contributed by atoms with Crippen molar-refractivity contribution in [3.05, 3.63) is 29.3 Å². The summed E-state index contributed by atoms with van der Waals surface area (Å²) in [6.45, 7) is -0.0157. The molecule has 1 amide bonds. The molecule has 0 atom stereocenters. The first-order valence-electron chi connectivity index (χ1n) is 5.97. The molecule has 0 spiro atoms. The maximum Gasteiger partial charge on any atom is 0.257 e. The second kappa shape index (κ2) is 8.07. The van der Waals surface area contributed by atoms with Gasteiger partial charge >= 0.3 is 0 Å². The van der Waals surface area contributed by atoms with E-state index in [0.717, 1.165) is 12.1 Å². The number of nitrogens with zero attached hydrogens (tertiary/aromatic N) is 1. The third kappa shape index (κ3) is 4.82. The summed E-state index contributed by atoms with van der Waals surface area (Å²) in [5.74, 6) is -2.85. The number of hydrogen-bond donors (Lipinski definition) is 2. The zero-order chi connectivity index (χ0) is 15.0. The van der Waals surface area contributed by atoms with Gasteiger partial charge < -0.3 is 15.4 Å². The van der Waals surface area contributed by atoms with Crippen molar-refractivity contribution >= 4 is 5.91 Å². The van der Waals surface area contributed by atoms with Crippen molar-refractivity contribution in [3.8, 4) is 11.8 Å². The fourth-order valence-electron chi connectivity index (χ4n) is 1.50. The van der Waals surface area contributed by atoms with E-state index in [4.69, 9.17) is 10.00 Å². The largest absolute Gasteiger partial charge is 0.478 e. The van der Waals surface area contributed by atoms with Crippen LogP contribution in [0, 0.1) is 23.0 Å². The van der Waals surface area contributed by atoms with Crippen LogP contribution in [0.1, 0.15) is 12.0 Å². The zero-order valence-electron chi connectivity index (χ0n) is 11.0. The molecule has 0 unspecified atom stereocenters. The lowest BCUT2D eigenvalue weighted by Gasteiger charge is -2.10. The first kappa shape index (κ1) is 15.9. The highest BCUT2D eigenvalue weighted by Gasteiger charge is 2.14. The Bertz CT molecular complexity index is 492. The molecule has 0 heterocycles. The average molecular weight is 283 g/mol. The summed E-state index contributed by atoms with van der Waals surface area (Å²) in [5.41, 5.74) is 0.438. The van der Waals surface area contributed by atoms with Gasteiger partial charge in [-0.2, -0.15) is 5.26 Å². The quantitative estimate of drug-likeness (QED) is 0.735. The molecule has 0 fully saturated rings. The monoisotopic (exact) mass is 283 g/mol. The summed E-state index contributed by atoms with van der Waals surface area (Å²) >= 11 is 0. The van der Waals surface area contributed by atoms with Gasteiger partial charge in [-0.05, 0) is 24.7 Å². The van der Waals surface area contributed by atoms with Crippen molar-refractivity contribution in [1.82, 2.24) is 10.6 Å². The van der Waals surface area contributed by atoms with Crippen LogP contribution in [0.5, 0.6) is 5.75 Å². The summed E-state index contributed by atoms with van der Waals surface area (Å²) in [6.07, 6.45) is 0.160. The third-order valence-corrected chi connectivity index (χ3v) is 2.35. The normalized spacial score (nSPS) is 9.90. The highest BCUT2D eigenvalue weighted by molar-refractivity contribution is 5.77. The number of amides is 1. The molecule has 1 aromatic rings. The Morgan fingerprint density at radius 1 is 1.40 bits per heavy atom. The first-order valence-corrected chi connectivity index (χ1v) is 5.97. The van der Waals surface area contributed by atoms with Crippen LogP contribution in [0.25, 0.3) is 0 Å². The maximum atomic E-state index is 13.6. The van der Waals surface area contributed by atoms with Crippen LogP contribution in [0.4, 0.5) is 8.78 Å². The number of ether oxygens (including phenoxy) is 1. The van der Waals surface area contributed by atoms with E-state index < -0.39 is 29.9 Å². The molecule has 2 N–H and O–H groups in total. The molecule has 1 rings (SSSR count). The Labute approximate surface area is 115 Å². The molecule has 0 aliphatic heterocycles. The maximum absolute atomic E-state index is 13.6. The number of nitriles is 1. The summed E-state index contributed by atoms with van der Waals surface area (Å²) in [7, 11) is 1.66. The number of benzene rings is 1. The van der Waals surface area contributed by atoms with Crippen molar-refractivity contribution in [1.29, 1.82) is 5.26 Å². The predicted octanol–water partition coefficient (Wildman–Crippen LogP) is 1.09. The molecule has 0 radical (unpaired) electrons. The molecule has 0 saturated heterocycles. The Kier molecular flexibility index (Phi) is 6.40. The summed E-state index contributed by atoms with van der Waals surface area (Å²) in [5, 5.41) is 13.4. The lowest BCUT2D eigenvalue weighted by atomic mass is 10.2. The predicted molar refractivity (Wildman–Crippen MR) is 67.9 cm³/mol. The van der Waals surface area contributed by atoms with Crippen LogP contribution < -0.4 is 15.4 Å². The molecular weight excluding hydrogens is 268 g/mol. The van der Waals surface area contributed by atoms with Crippen LogP contribution in [0.15, 0.2) is 12.1 Å². The van der Waals surface area contributed by atoms with Crippen LogP contribution in [0.3, 0.4) is 0 Å². The zero-order valence-corrected chi connectivity index (χ0v) is 11.0. The fourth-order valence-corrected chi connectivity index (χ4v) is 1.50. The molecule has 0 aromatic heterocycles.